The largest absolute Gasteiger partial charge is 0.379 e. The topological polar surface area (TPSA) is 159 Å². The highest BCUT2D eigenvalue weighted by molar-refractivity contribution is 8.00. The molecule has 2 aliphatic carbocycles. The van der Waals surface area contributed by atoms with Gasteiger partial charge in [-0.1, -0.05) is 0 Å². The van der Waals surface area contributed by atoms with Crippen LogP contribution in [-0.2, 0) is 19.3 Å². The van der Waals surface area contributed by atoms with Gasteiger partial charge >= 0.3 is 0 Å². The number of ether oxygens (including phenoxy) is 2. The third kappa shape index (κ3) is 7.65. The van der Waals surface area contributed by atoms with Gasteiger partial charge in [0.25, 0.3) is 0 Å². The number of halogens is 3. The Morgan fingerprint density at radius 1 is 1.07 bits per heavy atom. The fourth-order valence-corrected chi connectivity index (χ4v) is 11.5. The third-order valence-electron chi connectivity index (χ3n) is 10.5. The number of nitro groups is 1. The molecular weight excluding hydrogens is 651 g/mol. The van der Waals surface area contributed by atoms with Crippen LogP contribution in [-0.4, -0.2) is 128 Å². The number of hydrazine groups is 1. The molecule has 13 nitrogen and oxygen atoms in total. The first-order chi connectivity index (χ1) is 21.7. The number of hydrogen-bond donors (Lipinski definition) is 5. The Hall–Kier alpha value is -0.830. The third-order valence-corrected chi connectivity index (χ3v) is 15.0. The van der Waals surface area contributed by atoms with Crippen LogP contribution in [0.3, 0.4) is 0 Å². The van der Waals surface area contributed by atoms with E-state index in [1.807, 2.05) is 0 Å². The van der Waals surface area contributed by atoms with E-state index in [1.165, 1.54) is 25.6 Å². The summed E-state index contributed by atoms with van der Waals surface area (Å²) >= 11 is 1.38. The predicted octanol–water partition coefficient (Wildman–Crippen LogP) is 1.18. The van der Waals surface area contributed by atoms with Crippen LogP contribution in [0, 0.1) is 16.0 Å². The summed E-state index contributed by atoms with van der Waals surface area (Å²) in [6, 6.07) is -1.52. The summed E-state index contributed by atoms with van der Waals surface area (Å²) in [6.07, 6.45) is -6.06. The van der Waals surface area contributed by atoms with Gasteiger partial charge in [0.15, 0.2) is 16.0 Å². The van der Waals surface area contributed by atoms with Crippen molar-refractivity contribution in [1.29, 1.82) is 0 Å². The first-order valence-electron chi connectivity index (χ1n) is 16.3. The number of nitrogens with one attached hydrogen (secondary N) is 5. The molecule has 13 atom stereocenters. The molecule has 0 aromatic heterocycles. The van der Waals surface area contributed by atoms with Crippen LogP contribution in [0.25, 0.3) is 0 Å². The van der Waals surface area contributed by atoms with Crippen molar-refractivity contribution in [3.8, 4) is 0 Å². The van der Waals surface area contributed by atoms with Gasteiger partial charge < -0.3 is 9.47 Å². The van der Waals surface area contributed by atoms with Crippen LogP contribution in [0.5, 0.6) is 0 Å². The number of hydrogen-bond acceptors (Lipinski definition) is 13. The Morgan fingerprint density at radius 3 is 2.39 bits per heavy atom. The molecule has 18 heteroatoms. The van der Waals surface area contributed by atoms with E-state index in [0.717, 1.165) is 6.42 Å². The Balaban J connectivity index is 1.26. The minimum atomic E-state index is -4.18. The van der Waals surface area contributed by atoms with Crippen LogP contribution in [0.15, 0.2) is 0 Å². The molecule has 266 valence electrons. The van der Waals surface area contributed by atoms with E-state index in [2.05, 4.69) is 38.6 Å². The monoisotopic (exact) mass is 701 g/mol. The number of rotatable bonds is 10. The van der Waals surface area contributed by atoms with Crippen molar-refractivity contribution in [2.75, 3.05) is 33.4 Å². The van der Waals surface area contributed by atoms with E-state index in [4.69, 9.17) is 9.47 Å². The van der Waals surface area contributed by atoms with E-state index >= 15 is 8.78 Å². The molecule has 5 N–H and O–H groups in total. The maximum Gasteiger partial charge on any atom is 0.246 e. The molecule has 0 aromatic rings. The van der Waals surface area contributed by atoms with Gasteiger partial charge in [-0.2, -0.15) is 0 Å². The average Bonchev–Trinajstić information content (AvgIpc) is 3.43. The molecule has 5 rings (SSSR count). The fraction of sp³-hybridized carbons (Fsp3) is 1.00. The molecule has 0 aromatic carbocycles. The smallest absolute Gasteiger partial charge is 0.246 e. The lowest BCUT2D eigenvalue weighted by molar-refractivity contribution is -0.538. The summed E-state index contributed by atoms with van der Waals surface area (Å²) in [5, 5.41) is 20.5. The molecule has 3 heterocycles. The van der Waals surface area contributed by atoms with E-state index in [1.54, 1.807) is 7.11 Å². The molecule has 0 spiro atoms. The molecule has 0 bridgehead atoms. The Bertz CT molecular complexity index is 1160. The van der Waals surface area contributed by atoms with Crippen LogP contribution >= 0.6 is 11.8 Å². The molecule has 13 unspecified atom stereocenters. The molecular formula is C28H50F3N7O6S2. The first-order valence-corrected chi connectivity index (χ1v) is 18.8. The molecule has 3 aliphatic heterocycles. The van der Waals surface area contributed by atoms with Gasteiger partial charge in [-0.15, -0.1) is 11.8 Å². The number of thioether (sulfide) groups is 1. The molecule has 5 aliphatic rings. The lowest BCUT2D eigenvalue weighted by Gasteiger charge is -2.49. The summed E-state index contributed by atoms with van der Waals surface area (Å²) in [4.78, 5) is 12.8. The zero-order valence-electron chi connectivity index (χ0n) is 26.9. The van der Waals surface area contributed by atoms with Crippen molar-refractivity contribution in [3.63, 3.8) is 0 Å². The van der Waals surface area contributed by atoms with Crippen molar-refractivity contribution in [1.82, 2.24) is 31.7 Å². The van der Waals surface area contributed by atoms with Crippen molar-refractivity contribution < 1.29 is 36.0 Å². The Labute approximate surface area is 273 Å². The number of alkyl halides is 3. The first kappa shape index (κ1) is 36.5. The van der Waals surface area contributed by atoms with Gasteiger partial charge in [0.2, 0.25) is 6.04 Å². The SMILES string of the molecule is COC1C(NC2CC(C)NN2)NC(SC2CCC(S(=O)(=O)C(C)(C)C3CC(F)CC([N+](=O)[O-])C3F)CC2F)NC1N1CCOCC1. The predicted molar refractivity (Wildman–Crippen MR) is 168 cm³/mol. The Kier molecular flexibility index (Phi) is 11.9. The van der Waals surface area contributed by atoms with Crippen LogP contribution in [0.2, 0.25) is 0 Å². The highest BCUT2D eigenvalue weighted by atomic mass is 32.2. The van der Waals surface area contributed by atoms with Gasteiger partial charge in [0.1, 0.15) is 23.9 Å². The second kappa shape index (κ2) is 15.0. The molecule has 46 heavy (non-hydrogen) atoms. The lowest BCUT2D eigenvalue weighted by Crippen LogP contribution is -2.75. The van der Waals surface area contributed by atoms with E-state index in [0.29, 0.717) is 26.3 Å². The molecule has 5 fully saturated rings. The van der Waals surface area contributed by atoms with Crippen molar-refractivity contribution >= 4 is 21.6 Å². The zero-order chi connectivity index (χ0) is 33.4. The summed E-state index contributed by atoms with van der Waals surface area (Å²) in [5.41, 5.74) is 6.08. The average molecular weight is 702 g/mol. The fourth-order valence-electron chi connectivity index (χ4n) is 7.77. The minimum Gasteiger partial charge on any atom is -0.379 e. The summed E-state index contributed by atoms with van der Waals surface area (Å²) < 4.78 is 83.3. The van der Waals surface area contributed by atoms with E-state index in [9.17, 15) is 22.9 Å². The lowest BCUT2D eigenvalue weighted by atomic mass is 9.76. The van der Waals surface area contributed by atoms with Gasteiger partial charge in [0, 0.05) is 48.8 Å². The molecule has 0 amide bonds. The summed E-state index contributed by atoms with van der Waals surface area (Å²) in [5.74, 6) is -1.40. The second-order valence-electron chi connectivity index (χ2n) is 13.9. The van der Waals surface area contributed by atoms with Crippen LogP contribution < -0.4 is 26.8 Å². The number of nitrogens with zero attached hydrogens (tertiary/aromatic N) is 2. The van der Waals surface area contributed by atoms with E-state index < -0.39 is 73.3 Å². The zero-order valence-corrected chi connectivity index (χ0v) is 28.5. The van der Waals surface area contributed by atoms with E-state index in [-0.39, 0.29) is 55.4 Å². The highest BCUT2D eigenvalue weighted by Gasteiger charge is 2.57. The molecule has 2 saturated carbocycles. The van der Waals surface area contributed by atoms with Crippen molar-refractivity contribution in [3.05, 3.63) is 10.1 Å². The maximum absolute atomic E-state index is 15.9. The molecule has 0 radical (unpaired) electrons. The number of sulfone groups is 1. The van der Waals surface area contributed by atoms with Gasteiger partial charge in [0.05, 0.1) is 41.7 Å². The number of morpholine rings is 1. The maximum atomic E-state index is 15.9. The van der Waals surface area contributed by atoms with Crippen LogP contribution in [0.1, 0.15) is 59.3 Å². The van der Waals surface area contributed by atoms with Crippen molar-refractivity contribution in [2.24, 2.45) is 5.92 Å². The quantitative estimate of drug-likeness (QED) is 0.164. The van der Waals surface area contributed by atoms with Crippen LogP contribution in [0.4, 0.5) is 13.2 Å². The van der Waals surface area contributed by atoms with Gasteiger partial charge in [-0.3, -0.25) is 36.4 Å². The normalized spacial score (nSPS) is 43.4. The Morgan fingerprint density at radius 2 is 1.78 bits per heavy atom. The summed E-state index contributed by atoms with van der Waals surface area (Å²) in [7, 11) is -2.52. The summed E-state index contributed by atoms with van der Waals surface area (Å²) in [6.45, 7) is 7.29. The highest BCUT2D eigenvalue weighted by Crippen LogP contribution is 2.45. The van der Waals surface area contributed by atoms with Gasteiger partial charge in [-0.05, 0) is 52.9 Å². The minimum absolute atomic E-state index is 0.0152. The standard InChI is InChI=1S/C28H50F3N7O6S2/c1-15-11-22(36-35-15)32-25-24(43-4)26(37-7-9-44-10-8-37)34-27(33-25)45-21-6-5-17(14-19(21)30)46(41,42)28(2,3)18-12-16(29)13-20(23(18)31)38(39)40/h15-27,32-36H,5-14H2,1-4H3. The number of methoxy groups -OCH3 is 1. The van der Waals surface area contributed by atoms with Gasteiger partial charge in [-0.25, -0.2) is 27.0 Å². The molecule has 3 saturated heterocycles. The second-order valence-corrected chi connectivity index (χ2v) is 18.0. The van der Waals surface area contributed by atoms with Crippen molar-refractivity contribution in [2.45, 2.75) is 135 Å².